The molecule has 8 heteroatoms. The molecule has 0 bridgehead atoms. The Balaban J connectivity index is 1.83. The van der Waals surface area contributed by atoms with Crippen molar-refractivity contribution in [2.24, 2.45) is 0 Å². The van der Waals surface area contributed by atoms with Gasteiger partial charge in [0.2, 0.25) is 11.8 Å². The average Bonchev–Trinajstić information content (AvgIpc) is 3.05. The first kappa shape index (κ1) is 18.5. The summed E-state index contributed by atoms with van der Waals surface area (Å²) < 4.78 is 33.7. The number of rotatable bonds is 4. The zero-order chi connectivity index (χ0) is 19.9. The van der Waals surface area contributed by atoms with Gasteiger partial charge in [0, 0.05) is 19.4 Å². The SMILES string of the molecule is COc1ccc(N2C(=O)CCC2=O)cc1S(=O)(=O)N1CCCc2ccccc21. The highest BCUT2D eigenvalue weighted by molar-refractivity contribution is 7.93. The second-order valence-electron chi connectivity index (χ2n) is 6.77. The predicted octanol–water partition coefficient (Wildman–Crippen LogP) is 2.49. The summed E-state index contributed by atoms with van der Waals surface area (Å²) in [7, 11) is -2.55. The Morgan fingerprint density at radius 2 is 1.68 bits per heavy atom. The molecule has 0 N–H and O–H groups in total. The molecule has 2 aromatic carbocycles. The third-order valence-electron chi connectivity index (χ3n) is 5.09. The van der Waals surface area contributed by atoms with Crippen LogP contribution in [0.25, 0.3) is 0 Å². The number of methoxy groups -OCH3 is 1. The van der Waals surface area contributed by atoms with Crippen LogP contribution in [0.15, 0.2) is 47.4 Å². The molecule has 146 valence electrons. The molecule has 0 unspecified atom stereocenters. The number of fused-ring (bicyclic) bond motifs is 1. The summed E-state index contributed by atoms with van der Waals surface area (Å²) in [5, 5.41) is 0. The van der Waals surface area contributed by atoms with Crippen LogP contribution in [0.1, 0.15) is 24.8 Å². The second-order valence-corrected chi connectivity index (χ2v) is 8.60. The second kappa shape index (κ2) is 6.94. The Labute approximate surface area is 163 Å². The topological polar surface area (TPSA) is 84.0 Å². The Bertz CT molecular complexity index is 1050. The van der Waals surface area contributed by atoms with E-state index in [2.05, 4.69) is 0 Å². The number of benzene rings is 2. The van der Waals surface area contributed by atoms with Gasteiger partial charge in [0.05, 0.1) is 18.5 Å². The van der Waals surface area contributed by atoms with E-state index in [0.717, 1.165) is 16.9 Å². The third-order valence-corrected chi connectivity index (χ3v) is 6.93. The first-order chi connectivity index (χ1) is 13.4. The number of para-hydroxylation sites is 1. The van der Waals surface area contributed by atoms with E-state index in [0.29, 0.717) is 18.7 Å². The van der Waals surface area contributed by atoms with Crippen LogP contribution in [0.2, 0.25) is 0 Å². The van der Waals surface area contributed by atoms with Gasteiger partial charge in [-0.25, -0.2) is 8.42 Å². The fourth-order valence-electron chi connectivity index (χ4n) is 3.74. The van der Waals surface area contributed by atoms with Gasteiger partial charge in [-0.1, -0.05) is 18.2 Å². The monoisotopic (exact) mass is 400 g/mol. The van der Waals surface area contributed by atoms with Crippen LogP contribution in [-0.2, 0) is 26.0 Å². The van der Waals surface area contributed by atoms with Gasteiger partial charge >= 0.3 is 0 Å². The number of ether oxygens (including phenoxy) is 1. The number of hydrogen-bond donors (Lipinski definition) is 0. The van der Waals surface area contributed by atoms with Crippen molar-refractivity contribution in [3.8, 4) is 5.75 Å². The molecule has 2 aromatic rings. The molecule has 0 radical (unpaired) electrons. The van der Waals surface area contributed by atoms with Crippen LogP contribution >= 0.6 is 0 Å². The smallest absolute Gasteiger partial charge is 0.268 e. The molecule has 2 heterocycles. The average molecular weight is 400 g/mol. The van der Waals surface area contributed by atoms with Crippen molar-refractivity contribution in [1.29, 1.82) is 0 Å². The lowest BCUT2D eigenvalue weighted by atomic mass is 10.0. The van der Waals surface area contributed by atoms with Crippen molar-refractivity contribution in [2.45, 2.75) is 30.6 Å². The molecule has 0 atom stereocenters. The Hall–Kier alpha value is -2.87. The highest BCUT2D eigenvalue weighted by atomic mass is 32.2. The lowest BCUT2D eigenvalue weighted by Crippen LogP contribution is -2.36. The number of carbonyl (C=O) groups is 2. The van der Waals surface area contributed by atoms with Gasteiger partial charge in [-0.3, -0.25) is 18.8 Å². The maximum atomic E-state index is 13.5. The minimum absolute atomic E-state index is 0.0586. The first-order valence-corrected chi connectivity index (χ1v) is 10.5. The van der Waals surface area contributed by atoms with E-state index < -0.39 is 10.0 Å². The summed E-state index contributed by atoms with van der Waals surface area (Å²) in [6, 6.07) is 11.8. The van der Waals surface area contributed by atoms with Gasteiger partial charge in [0.15, 0.2) is 0 Å². The van der Waals surface area contributed by atoms with E-state index in [1.165, 1.54) is 29.6 Å². The van der Waals surface area contributed by atoms with Crippen molar-refractivity contribution >= 4 is 33.2 Å². The molecule has 2 amide bonds. The quantitative estimate of drug-likeness (QED) is 0.737. The Kier molecular flexibility index (Phi) is 4.58. The number of nitrogens with zero attached hydrogens (tertiary/aromatic N) is 2. The first-order valence-electron chi connectivity index (χ1n) is 9.08. The van der Waals surface area contributed by atoms with Crippen LogP contribution < -0.4 is 13.9 Å². The van der Waals surface area contributed by atoms with Crippen LogP contribution in [0, 0.1) is 0 Å². The molecule has 7 nitrogen and oxygen atoms in total. The number of hydrogen-bond acceptors (Lipinski definition) is 5. The summed E-state index contributed by atoms with van der Waals surface area (Å²) in [6.45, 7) is 0.355. The van der Waals surface area contributed by atoms with Gasteiger partial charge in [0.25, 0.3) is 10.0 Å². The van der Waals surface area contributed by atoms with E-state index in [-0.39, 0.29) is 41.0 Å². The van der Waals surface area contributed by atoms with Crippen LogP contribution in [0.3, 0.4) is 0 Å². The molecule has 0 saturated carbocycles. The number of amides is 2. The minimum atomic E-state index is -3.95. The van der Waals surface area contributed by atoms with Gasteiger partial charge in [-0.15, -0.1) is 0 Å². The number of imide groups is 1. The van der Waals surface area contributed by atoms with E-state index in [1.54, 1.807) is 6.07 Å². The molecule has 2 aliphatic heterocycles. The lowest BCUT2D eigenvalue weighted by Gasteiger charge is -2.31. The summed E-state index contributed by atoms with van der Waals surface area (Å²) >= 11 is 0. The largest absolute Gasteiger partial charge is 0.495 e. The van der Waals surface area contributed by atoms with E-state index in [1.807, 2.05) is 18.2 Å². The molecule has 0 aromatic heterocycles. The van der Waals surface area contributed by atoms with Gasteiger partial charge in [0.1, 0.15) is 10.6 Å². The summed E-state index contributed by atoms with van der Waals surface area (Å²) in [4.78, 5) is 25.1. The molecule has 4 rings (SSSR count). The number of carbonyl (C=O) groups excluding carboxylic acids is 2. The highest BCUT2D eigenvalue weighted by Gasteiger charge is 2.35. The molecule has 0 aliphatic carbocycles. The molecule has 2 aliphatic rings. The fraction of sp³-hybridized carbons (Fsp3) is 0.300. The summed E-state index contributed by atoms with van der Waals surface area (Å²) in [5.74, 6) is -0.491. The van der Waals surface area contributed by atoms with Crippen LogP contribution in [0.5, 0.6) is 5.75 Å². The number of aryl methyl sites for hydroxylation is 1. The Morgan fingerprint density at radius 1 is 0.964 bits per heavy atom. The van der Waals surface area contributed by atoms with Crippen molar-refractivity contribution in [2.75, 3.05) is 22.9 Å². The number of anilines is 2. The molecular weight excluding hydrogens is 380 g/mol. The zero-order valence-electron chi connectivity index (χ0n) is 15.4. The standard InChI is InChI=1S/C20H20N2O5S/c1-27-17-9-8-15(22-19(23)10-11-20(22)24)13-18(17)28(25,26)21-12-4-6-14-5-2-3-7-16(14)21/h2-3,5,7-9,13H,4,6,10-12H2,1H3. The van der Waals surface area contributed by atoms with Crippen molar-refractivity contribution in [3.63, 3.8) is 0 Å². The summed E-state index contributed by atoms with van der Waals surface area (Å²) in [6.07, 6.45) is 1.79. The summed E-state index contributed by atoms with van der Waals surface area (Å²) in [5.41, 5.74) is 1.86. The molecule has 28 heavy (non-hydrogen) atoms. The number of sulfonamides is 1. The third kappa shape index (κ3) is 2.93. The minimum Gasteiger partial charge on any atom is -0.495 e. The highest BCUT2D eigenvalue weighted by Crippen LogP contribution is 2.37. The van der Waals surface area contributed by atoms with E-state index in [9.17, 15) is 18.0 Å². The normalized spacial score (nSPS) is 17.0. The van der Waals surface area contributed by atoms with Gasteiger partial charge < -0.3 is 4.74 Å². The van der Waals surface area contributed by atoms with Crippen molar-refractivity contribution in [1.82, 2.24) is 0 Å². The van der Waals surface area contributed by atoms with Crippen molar-refractivity contribution in [3.05, 3.63) is 48.0 Å². The zero-order valence-corrected chi connectivity index (χ0v) is 16.2. The lowest BCUT2D eigenvalue weighted by molar-refractivity contribution is -0.121. The molecular formula is C20H20N2O5S. The Morgan fingerprint density at radius 3 is 2.39 bits per heavy atom. The molecule has 1 saturated heterocycles. The van der Waals surface area contributed by atoms with E-state index in [4.69, 9.17) is 4.74 Å². The molecule has 0 spiro atoms. The van der Waals surface area contributed by atoms with Gasteiger partial charge in [-0.2, -0.15) is 0 Å². The maximum Gasteiger partial charge on any atom is 0.268 e. The van der Waals surface area contributed by atoms with Crippen LogP contribution in [-0.4, -0.2) is 33.9 Å². The molecule has 1 fully saturated rings. The predicted molar refractivity (Wildman–Crippen MR) is 104 cm³/mol. The van der Waals surface area contributed by atoms with Crippen LogP contribution in [0.4, 0.5) is 11.4 Å². The van der Waals surface area contributed by atoms with E-state index >= 15 is 0 Å². The van der Waals surface area contributed by atoms with Crippen molar-refractivity contribution < 1.29 is 22.7 Å². The van der Waals surface area contributed by atoms with Gasteiger partial charge in [-0.05, 0) is 42.7 Å². The maximum absolute atomic E-state index is 13.5. The fourth-order valence-corrected chi connectivity index (χ4v) is 5.46.